The van der Waals surface area contributed by atoms with Crippen LogP contribution in [0.15, 0.2) is 406 Å². The maximum absolute atomic E-state index is 6.59. The molecule has 0 radical (unpaired) electrons. The van der Waals surface area contributed by atoms with Crippen molar-refractivity contribution in [3.05, 3.63) is 388 Å². The van der Waals surface area contributed by atoms with Crippen molar-refractivity contribution in [3.63, 3.8) is 0 Å². The van der Waals surface area contributed by atoms with E-state index in [4.69, 9.17) is 37.6 Å². The summed E-state index contributed by atoms with van der Waals surface area (Å²) in [6.45, 7) is 0. The van der Waals surface area contributed by atoms with Crippen molar-refractivity contribution >= 4 is 87.8 Å². The van der Waals surface area contributed by atoms with Crippen LogP contribution in [0.3, 0.4) is 0 Å². The molecule has 16 aromatic carbocycles. The number of hydrogen-bond donors (Lipinski definition) is 0. The van der Waals surface area contributed by atoms with Crippen molar-refractivity contribution in [2.24, 2.45) is 0 Å². The second kappa shape index (κ2) is 27.6. The van der Waals surface area contributed by atoms with E-state index in [0.29, 0.717) is 11.6 Å². The molecule has 0 aliphatic heterocycles. The van der Waals surface area contributed by atoms with E-state index in [0.717, 1.165) is 200 Å². The Labute approximate surface area is 644 Å². The average molecular weight is 1430 g/mol. The highest BCUT2D eigenvalue weighted by Gasteiger charge is 2.22. The van der Waals surface area contributed by atoms with Crippen LogP contribution in [0, 0.1) is 0 Å². The second-order valence-corrected chi connectivity index (χ2v) is 28.3. The number of nitrogens with zero attached hydrogens (tertiary/aromatic N) is 4. The van der Waals surface area contributed by atoms with Crippen LogP contribution in [0.4, 0.5) is 0 Å². The Hall–Kier alpha value is -15.1. The average Bonchev–Trinajstić information content (AvgIpc) is 1.60. The maximum Gasteiger partial charge on any atom is 0.160 e. The maximum atomic E-state index is 6.59. The zero-order valence-corrected chi connectivity index (χ0v) is 60.4. The highest BCUT2D eigenvalue weighted by molar-refractivity contribution is 6.13. The Bertz CT molecular complexity index is 7080. The highest BCUT2D eigenvalue weighted by Crippen LogP contribution is 2.45. The predicted octanol–water partition coefficient (Wildman–Crippen LogP) is 28.6. The van der Waals surface area contributed by atoms with E-state index in [9.17, 15) is 0 Å². The van der Waals surface area contributed by atoms with Crippen LogP contribution in [0.25, 0.3) is 222 Å². The van der Waals surface area contributed by atoms with E-state index in [1.807, 2.05) is 84.9 Å². The van der Waals surface area contributed by atoms with Crippen LogP contribution < -0.4 is 0 Å². The Morgan fingerprint density at radius 3 is 0.804 bits per heavy atom. The first kappa shape index (κ1) is 65.2. The van der Waals surface area contributed by atoms with Gasteiger partial charge in [-0.25, -0.2) is 19.9 Å². The molecule has 112 heavy (non-hydrogen) atoms. The molecule has 6 heterocycles. The number of rotatable bonds is 12. The third-order valence-corrected chi connectivity index (χ3v) is 21.4. The summed E-state index contributed by atoms with van der Waals surface area (Å²) in [6, 6.07) is 135. The summed E-state index contributed by atoms with van der Waals surface area (Å²) >= 11 is 0. The van der Waals surface area contributed by atoms with Gasteiger partial charge in [0.2, 0.25) is 0 Å². The summed E-state index contributed by atoms with van der Waals surface area (Å²) in [4.78, 5) is 20.9. The smallest absolute Gasteiger partial charge is 0.160 e. The molecule has 0 amide bonds. The molecule has 0 spiro atoms. The molecule has 0 atom stereocenters. The fraction of sp³-hybridized carbons (Fsp3) is 0. The second-order valence-electron chi connectivity index (χ2n) is 28.3. The third kappa shape index (κ3) is 12.1. The fourth-order valence-electron chi connectivity index (χ4n) is 15.8. The number of furan rings is 4. The van der Waals surface area contributed by atoms with Crippen molar-refractivity contribution in [3.8, 4) is 135 Å². The molecular weight excluding hydrogens is 1370 g/mol. The van der Waals surface area contributed by atoms with Gasteiger partial charge in [-0.2, -0.15) is 0 Å². The van der Waals surface area contributed by atoms with Crippen LogP contribution in [-0.2, 0) is 0 Å². The van der Waals surface area contributed by atoms with E-state index in [1.54, 1.807) is 0 Å². The highest BCUT2D eigenvalue weighted by atomic mass is 16.3. The molecule has 0 bridgehead atoms. The standard InChI is InChI=1S/2C52H32N2O2/c1-3-13-33(14-4-1)34-25-27-36(28-26-34)52-53-46(35-15-5-2-6-16-35)32-47(54-52)39-30-37(40-19-11-21-44-42-17-7-9-23-48(42)55-50(40)44)29-38(31-39)41-20-12-22-45-43-18-8-10-24-49(43)56-51(41)45;1-3-11-33(12-4-1)34-19-21-36(22-20-34)52-53-46(35-13-5-2-6-14-35)32-47(54-52)41-28-39(37-23-25-50-44(30-37)42-15-7-9-17-48(42)55-50)27-40(29-41)38-24-26-51-45(31-38)43-16-8-10-18-49(43)56-51/h2*1-32H. The van der Waals surface area contributed by atoms with E-state index >= 15 is 0 Å². The molecule has 524 valence electrons. The van der Waals surface area contributed by atoms with Crippen LogP contribution in [0.5, 0.6) is 0 Å². The topological polar surface area (TPSA) is 104 Å². The monoisotopic (exact) mass is 1430 g/mol. The van der Waals surface area contributed by atoms with Crippen molar-refractivity contribution in [1.29, 1.82) is 0 Å². The molecule has 0 aliphatic rings. The van der Waals surface area contributed by atoms with Gasteiger partial charge in [-0.1, -0.05) is 291 Å². The van der Waals surface area contributed by atoms with Gasteiger partial charge in [0.1, 0.15) is 44.7 Å². The minimum absolute atomic E-state index is 0.659. The summed E-state index contributed by atoms with van der Waals surface area (Å²) in [5.74, 6) is 1.33. The summed E-state index contributed by atoms with van der Waals surface area (Å²) < 4.78 is 25.6. The molecule has 8 nitrogen and oxygen atoms in total. The lowest BCUT2D eigenvalue weighted by atomic mass is 9.93. The lowest BCUT2D eigenvalue weighted by molar-refractivity contribution is 0.668. The third-order valence-electron chi connectivity index (χ3n) is 21.4. The van der Waals surface area contributed by atoms with Gasteiger partial charge in [0.25, 0.3) is 0 Å². The van der Waals surface area contributed by atoms with E-state index in [-0.39, 0.29) is 0 Å². The molecule has 0 N–H and O–H groups in total. The van der Waals surface area contributed by atoms with Gasteiger partial charge < -0.3 is 17.7 Å². The van der Waals surface area contributed by atoms with Crippen molar-refractivity contribution in [1.82, 2.24) is 19.9 Å². The van der Waals surface area contributed by atoms with E-state index in [1.165, 1.54) is 11.1 Å². The molecule has 22 aromatic rings. The number of fused-ring (bicyclic) bond motifs is 12. The Kier molecular flexibility index (Phi) is 16.1. The van der Waals surface area contributed by atoms with Crippen LogP contribution >= 0.6 is 0 Å². The van der Waals surface area contributed by atoms with Gasteiger partial charge in [-0.3, -0.25) is 0 Å². The largest absolute Gasteiger partial charge is 0.456 e. The first-order valence-electron chi connectivity index (χ1n) is 37.6. The molecule has 0 saturated carbocycles. The van der Waals surface area contributed by atoms with E-state index in [2.05, 4.69) is 303 Å². The Morgan fingerprint density at radius 2 is 0.411 bits per heavy atom. The molecule has 0 aliphatic carbocycles. The predicted molar refractivity (Wildman–Crippen MR) is 458 cm³/mol. The van der Waals surface area contributed by atoms with Crippen LogP contribution in [0.2, 0.25) is 0 Å². The Morgan fingerprint density at radius 1 is 0.143 bits per heavy atom. The first-order valence-corrected chi connectivity index (χ1v) is 37.6. The number of hydrogen-bond acceptors (Lipinski definition) is 8. The summed E-state index contributed by atoms with van der Waals surface area (Å²) in [5.41, 5.74) is 29.2. The zero-order chi connectivity index (χ0) is 74.0. The quantitative estimate of drug-likeness (QED) is 0.119. The molecular formula is C104H64N4O4. The van der Waals surface area contributed by atoms with E-state index < -0.39 is 0 Å². The fourth-order valence-corrected chi connectivity index (χ4v) is 15.8. The zero-order valence-electron chi connectivity index (χ0n) is 60.4. The van der Waals surface area contributed by atoms with Gasteiger partial charge in [0, 0.05) is 87.6 Å². The van der Waals surface area contributed by atoms with Crippen molar-refractivity contribution in [2.75, 3.05) is 0 Å². The molecule has 0 fully saturated rings. The lowest BCUT2D eigenvalue weighted by Gasteiger charge is -2.14. The minimum Gasteiger partial charge on any atom is -0.456 e. The van der Waals surface area contributed by atoms with Gasteiger partial charge in [0.15, 0.2) is 11.6 Å². The van der Waals surface area contributed by atoms with Crippen molar-refractivity contribution < 1.29 is 17.7 Å². The lowest BCUT2D eigenvalue weighted by Crippen LogP contribution is -1.97. The first-order chi connectivity index (χ1) is 55.4. The van der Waals surface area contributed by atoms with Crippen LogP contribution in [0.1, 0.15) is 0 Å². The molecule has 0 unspecified atom stereocenters. The number of aromatic nitrogens is 4. The summed E-state index contributed by atoms with van der Waals surface area (Å²) in [6.07, 6.45) is 0. The SMILES string of the molecule is c1ccc(-c2ccc(-c3nc(-c4ccccc4)cc(-c4cc(-c5ccc6oc7ccccc7c6c5)cc(-c5ccc6oc7ccccc7c6c5)c4)n3)cc2)cc1.c1ccc(-c2ccc(-c3nc(-c4ccccc4)cc(-c4cc(-c5cccc6c5oc5ccccc56)cc(-c5cccc6c5oc5ccccc56)c4)n3)cc2)cc1. The molecule has 8 heteroatoms. The summed E-state index contributed by atoms with van der Waals surface area (Å²) in [5, 5.41) is 8.74. The van der Waals surface area contributed by atoms with Crippen molar-refractivity contribution in [2.45, 2.75) is 0 Å². The van der Waals surface area contributed by atoms with Gasteiger partial charge >= 0.3 is 0 Å². The normalized spacial score (nSPS) is 11.6. The van der Waals surface area contributed by atoms with Gasteiger partial charge in [-0.15, -0.1) is 0 Å². The molecule has 22 rings (SSSR count). The van der Waals surface area contributed by atoms with Crippen LogP contribution in [-0.4, -0.2) is 19.9 Å². The Balaban J connectivity index is 0.000000141. The summed E-state index contributed by atoms with van der Waals surface area (Å²) in [7, 11) is 0. The van der Waals surface area contributed by atoms with Gasteiger partial charge in [-0.05, 0) is 153 Å². The number of benzene rings is 16. The molecule has 6 aromatic heterocycles. The number of para-hydroxylation sites is 6. The van der Waals surface area contributed by atoms with Gasteiger partial charge in [0.05, 0.1) is 22.8 Å². The molecule has 0 saturated heterocycles. The minimum atomic E-state index is 0.659.